The van der Waals surface area contributed by atoms with E-state index in [1.54, 1.807) is 0 Å². The van der Waals surface area contributed by atoms with E-state index in [0.29, 0.717) is 12.8 Å². The number of rotatable bonds is 5. The summed E-state index contributed by atoms with van der Waals surface area (Å²) in [5, 5.41) is 13.5. The lowest BCUT2D eigenvalue weighted by molar-refractivity contribution is -0.136. The summed E-state index contributed by atoms with van der Waals surface area (Å²) >= 11 is 0. The molecule has 1 aromatic rings. The molecule has 0 radical (unpaired) electrons. The number of urea groups is 1. The molecule has 0 bridgehead atoms. The zero-order valence-electron chi connectivity index (χ0n) is 11.0. The van der Waals surface area contributed by atoms with Crippen molar-refractivity contribution in [2.75, 3.05) is 11.9 Å². The summed E-state index contributed by atoms with van der Waals surface area (Å²) in [5.74, 6) is 0. The van der Waals surface area contributed by atoms with E-state index >= 15 is 0 Å². The molecule has 0 aliphatic carbocycles. The van der Waals surface area contributed by atoms with Gasteiger partial charge in [-0.2, -0.15) is 13.2 Å². The Balaban J connectivity index is 2.76. The molecule has 7 heteroatoms. The van der Waals surface area contributed by atoms with E-state index in [0.717, 1.165) is 6.07 Å². The van der Waals surface area contributed by atoms with Crippen LogP contribution in [0.5, 0.6) is 0 Å². The molecule has 0 aliphatic rings. The van der Waals surface area contributed by atoms with Crippen molar-refractivity contribution >= 4 is 11.7 Å². The zero-order chi connectivity index (χ0) is 15.2. The molecular formula is C13H17F3N2O2. The standard InChI is InChI=1S/C13H17F3N2O2/c1-2-9(7-8-19)17-12(20)18-11-6-4-3-5-10(11)13(14,15)16/h3-6,9,19H,2,7-8H2,1H3,(H2,17,18,20). The Morgan fingerprint density at radius 1 is 1.35 bits per heavy atom. The lowest BCUT2D eigenvalue weighted by Crippen LogP contribution is -2.38. The maximum absolute atomic E-state index is 12.7. The second-order valence-electron chi connectivity index (χ2n) is 4.26. The van der Waals surface area contributed by atoms with E-state index in [9.17, 15) is 18.0 Å². The van der Waals surface area contributed by atoms with Crippen molar-refractivity contribution < 1.29 is 23.1 Å². The van der Waals surface area contributed by atoms with Gasteiger partial charge in [-0.3, -0.25) is 0 Å². The number of anilines is 1. The Morgan fingerprint density at radius 3 is 2.55 bits per heavy atom. The highest BCUT2D eigenvalue weighted by Gasteiger charge is 2.33. The molecule has 0 aromatic heterocycles. The highest BCUT2D eigenvalue weighted by molar-refractivity contribution is 5.90. The van der Waals surface area contributed by atoms with E-state index in [-0.39, 0.29) is 18.3 Å². The van der Waals surface area contributed by atoms with Crippen molar-refractivity contribution in [3.8, 4) is 0 Å². The molecule has 0 aliphatic heterocycles. The number of hydrogen-bond donors (Lipinski definition) is 3. The number of aliphatic hydroxyl groups is 1. The average Bonchev–Trinajstić information content (AvgIpc) is 2.37. The Bertz CT molecular complexity index is 449. The first-order valence-corrected chi connectivity index (χ1v) is 6.23. The van der Waals surface area contributed by atoms with Gasteiger partial charge in [-0.25, -0.2) is 4.79 Å². The fourth-order valence-electron chi connectivity index (χ4n) is 1.72. The van der Waals surface area contributed by atoms with Crippen molar-refractivity contribution in [2.45, 2.75) is 32.0 Å². The van der Waals surface area contributed by atoms with Crippen LogP contribution in [0.25, 0.3) is 0 Å². The molecule has 0 fully saturated rings. The topological polar surface area (TPSA) is 61.4 Å². The third-order valence-electron chi connectivity index (χ3n) is 2.79. The van der Waals surface area contributed by atoms with Crippen molar-refractivity contribution in [2.24, 2.45) is 0 Å². The molecule has 1 rings (SSSR count). The first kappa shape index (κ1) is 16.3. The summed E-state index contributed by atoms with van der Waals surface area (Å²) in [6.45, 7) is 1.71. The number of para-hydroxylation sites is 1. The second kappa shape index (κ2) is 7.14. The minimum Gasteiger partial charge on any atom is -0.396 e. The van der Waals surface area contributed by atoms with E-state index in [2.05, 4.69) is 10.6 Å². The predicted molar refractivity (Wildman–Crippen MR) is 69.4 cm³/mol. The van der Waals surface area contributed by atoms with Crippen LogP contribution in [0.1, 0.15) is 25.3 Å². The molecule has 1 atom stereocenters. The van der Waals surface area contributed by atoms with E-state index in [4.69, 9.17) is 5.11 Å². The maximum Gasteiger partial charge on any atom is 0.418 e. The number of halogens is 3. The number of aliphatic hydroxyl groups excluding tert-OH is 1. The highest BCUT2D eigenvalue weighted by Crippen LogP contribution is 2.34. The summed E-state index contributed by atoms with van der Waals surface area (Å²) in [7, 11) is 0. The lowest BCUT2D eigenvalue weighted by atomic mass is 10.1. The first-order valence-electron chi connectivity index (χ1n) is 6.23. The largest absolute Gasteiger partial charge is 0.418 e. The summed E-state index contributed by atoms with van der Waals surface area (Å²) in [4.78, 5) is 11.7. The van der Waals surface area contributed by atoms with Crippen LogP contribution in [-0.2, 0) is 6.18 Å². The van der Waals surface area contributed by atoms with Gasteiger partial charge < -0.3 is 15.7 Å². The van der Waals surface area contributed by atoms with Crippen LogP contribution in [-0.4, -0.2) is 23.8 Å². The molecule has 2 amide bonds. The lowest BCUT2D eigenvalue weighted by Gasteiger charge is -2.18. The van der Waals surface area contributed by atoms with Crippen LogP contribution >= 0.6 is 0 Å². The van der Waals surface area contributed by atoms with Gasteiger partial charge in [0.15, 0.2) is 0 Å². The molecule has 1 unspecified atom stereocenters. The summed E-state index contributed by atoms with van der Waals surface area (Å²) < 4.78 is 38.2. The van der Waals surface area contributed by atoms with Gasteiger partial charge in [-0.15, -0.1) is 0 Å². The Morgan fingerprint density at radius 2 is 2.00 bits per heavy atom. The van der Waals surface area contributed by atoms with Crippen molar-refractivity contribution in [1.29, 1.82) is 0 Å². The van der Waals surface area contributed by atoms with Crippen LogP contribution in [0.4, 0.5) is 23.7 Å². The molecule has 0 saturated heterocycles. The van der Waals surface area contributed by atoms with Crippen molar-refractivity contribution in [1.82, 2.24) is 5.32 Å². The maximum atomic E-state index is 12.7. The van der Waals surface area contributed by atoms with Gasteiger partial charge >= 0.3 is 12.2 Å². The third kappa shape index (κ3) is 4.73. The Kier molecular flexibility index (Phi) is 5.82. The molecular weight excluding hydrogens is 273 g/mol. The van der Waals surface area contributed by atoms with Crippen LogP contribution in [0.3, 0.4) is 0 Å². The number of carbonyl (C=O) groups is 1. The Hall–Kier alpha value is -1.76. The predicted octanol–water partition coefficient (Wildman–Crippen LogP) is 2.99. The third-order valence-corrected chi connectivity index (χ3v) is 2.79. The monoisotopic (exact) mass is 290 g/mol. The molecule has 0 spiro atoms. The van der Waals surface area contributed by atoms with Gasteiger partial charge in [0.05, 0.1) is 11.3 Å². The van der Waals surface area contributed by atoms with Gasteiger partial charge in [0, 0.05) is 12.6 Å². The molecule has 3 N–H and O–H groups in total. The summed E-state index contributed by atoms with van der Waals surface area (Å²) in [6, 6.07) is 3.76. The van der Waals surface area contributed by atoms with Crippen molar-refractivity contribution in [3.05, 3.63) is 29.8 Å². The Labute approximate surface area is 115 Å². The van der Waals surface area contributed by atoms with E-state index < -0.39 is 17.8 Å². The first-order chi connectivity index (χ1) is 9.38. The molecule has 112 valence electrons. The summed E-state index contributed by atoms with van der Waals surface area (Å²) in [6.07, 6.45) is -3.60. The summed E-state index contributed by atoms with van der Waals surface area (Å²) in [5.41, 5.74) is -1.19. The number of nitrogens with one attached hydrogen (secondary N) is 2. The van der Waals surface area contributed by atoms with E-state index in [1.807, 2.05) is 6.92 Å². The van der Waals surface area contributed by atoms with Gasteiger partial charge in [0.1, 0.15) is 0 Å². The van der Waals surface area contributed by atoms with Gasteiger partial charge in [-0.1, -0.05) is 19.1 Å². The molecule has 0 saturated carbocycles. The zero-order valence-corrected chi connectivity index (χ0v) is 11.0. The normalized spacial score (nSPS) is 12.8. The molecule has 4 nitrogen and oxygen atoms in total. The van der Waals surface area contributed by atoms with Gasteiger partial charge in [0.25, 0.3) is 0 Å². The van der Waals surface area contributed by atoms with Gasteiger partial charge in [0.2, 0.25) is 0 Å². The number of alkyl halides is 3. The number of hydrogen-bond acceptors (Lipinski definition) is 2. The van der Waals surface area contributed by atoms with Crippen LogP contribution in [0.2, 0.25) is 0 Å². The number of amides is 2. The molecule has 1 aromatic carbocycles. The highest BCUT2D eigenvalue weighted by atomic mass is 19.4. The molecule has 20 heavy (non-hydrogen) atoms. The van der Waals surface area contributed by atoms with Crippen molar-refractivity contribution in [3.63, 3.8) is 0 Å². The SMILES string of the molecule is CCC(CCO)NC(=O)Nc1ccccc1C(F)(F)F. The quantitative estimate of drug-likeness (QED) is 0.780. The molecule has 0 heterocycles. The van der Waals surface area contributed by atoms with Crippen LogP contribution < -0.4 is 10.6 Å². The second-order valence-corrected chi connectivity index (χ2v) is 4.26. The average molecular weight is 290 g/mol. The van der Waals surface area contributed by atoms with Crippen LogP contribution in [0.15, 0.2) is 24.3 Å². The fourth-order valence-corrected chi connectivity index (χ4v) is 1.72. The fraction of sp³-hybridized carbons (Fsp3) is 0.462. The van der Waals surface area contributed by atoms with Crippen LogP contribution in [0, 0.1) is 0 Å². The minimum absolute atomic E-state index is 0.0993. The smallest absolute Gasteiger partial charge is 0.396 e. The van der Waals surface area contributed by atoms with Gasteiger partial charge in [-0.05, 0) is 25.0 Å². The van der Waals surface area contributed by atoms with E-state index in [1.165, 1.54) is 18.2 Å². The number of benzene rings is 1. The number of carbonyl (C=O) groups excluding carboxylic acids is 1. The minimum atomic E-state index is -4.53.